The topological polar surface area (TPSA) is 29.5 Å². The molecule has 1 atom stereocenters. The van der Waals surface area contributed by atoms with Gasteiger partial charge in [0.2, 0.25) is 0 Å². The van der Waals surface area contributed by atoms with Crippen LogP contribution in [0.4, 0.5) is 0 Å². The van der Waals surface area contributed by atoms with Crippen molar-refractivity contribution in [3.05, 3.63) is 0 Å². The molecule has 0 radical (unpaired) electrons. The lowest BCUT2D eigenvalue weighted by atomic mass is 9.89. The summed E-state index contributed by atoms with van der Waals surface area (Å²) in [6.45, 7) is 8.66. The van der Waals surface area contributed by atoms with Gasteiger partial charge >= 0.3 is 0 Å². The highest BCUT2D eigenvalue weighted by atomic mass is 16.5. The van der Waals surface area contributed by atoms with Crippen LogP contribution in [0.5, 0.6) is 0 Å². The summed E-state index contributed by atoms with van der Waals surface area (Å²) in [4.78, 5) is 14.0. The van der Waals surface area contributed by atoms with E-state index in [-0.39, 0.29) is 5.41 Å². The van der Waals surface area contributed by atoms with E-state index >= 15 is 0 Å². The van der Waals surface area contributed by atoms with E-state index in [0.717, 1.165) is 26.1 Å². The van der Waals surface area contributed by atoms with Gasteiger partial charge in [-0.25, -0.2) is 0 Å². The molecule has 0 aromatic rings. The molecule has 1 fully saturated rings. The number of hydrogen-bond acceptors (Lipinski definition) is 3. The van der Waals surface area contributed by atoms with Crippen molar-refractivity contribution < 1.29 is 9.53 Å². The van der Waals surface area contributed by atoms with Crippen LogP contribution in [0.15, 0.2) is 0 Å². The Morgan fingerprint density at radius 2 is 2.06 bits per heavy atom. The molecule has 0 spiro atoms. The maximum atomic E-state index is 11.8. The second-order valence-electron chi connectivity index (χ2n) is 6.17. The molecule has 3 heteroatoms. The van der Waals surface area contributed by atoms with Gasteiger partial charge in [-0.3, -0.25) is 4.79 Å². The van der Waals surface area contributed by atoms with Crippen molar-refractivity contribution in [1.82, 2.24) is 4.90 Å². The Bertz CT molecular complexity index is 239. The number of carbonyl (C=O) groups excluding carboxylic acids is 1. The number of rotatable bonds is 5. The fraction of sp³-hybridized carbons (Fsp3) is 0.929. The van der Waals surface area contributed by atoms with Crippen LogP contribution in [-0.2, 0) is 9.53 Å². The minimum Gasteiger partial charge on any atom is -0.377 e. The Hall–Kier alpha value is -0.410. The molecule has 1 aliphatic heterocycles. The normalized spacial score (nSPS) is 21.8. The maximum Gasteiger partial charge on any atom is 0.139 e. The first-order valence-electron chi connectivity index (χ1n) is 6.73. The van der Waals surface area contributed by atoms with Gasteiger partial charge < -0.3 is 9.64 Å². The van der Waals surface area contributed by atoms with Gasteiger partial charge in [0.05, 0.1) is 6.10 Å². The van der Waals surface area contributed by atoms with E-state index in [1.807, 2.05) is 20.8 Å². The molecule has 100 valence electrons. The minimum absolute atomic E-state index is 0.206. The van der Waals surface area contributed by atoms with E-state index in [9.17, 15) is 4.79 Å². The summed E-state index contributed by atoms with van der Waals surface area (Å²) in [5.41, 5.74) is -0.206. The third-order valence-electron chi connectivity index (χ3n) is 3.35. The molecule has 0 aromatic carbocycles. The molecule has 1 saturated heterocycles. The monoisotopic (exact) mass is 241 g/mol. The number of ketones is 1. The second kappa shape index (κ2) is 6.50. The van der Waals surface area contributed by atoms with Gasteiger partial charge in [-0.1, -0.05) is 20.8 Å². The lowest BCUT2D eigenvalue weighted by Gasteiger charge is -2.27. The molecule has 1 aliphatic rings. The average molecular weight is 241 g/mol. The van der Waals surface area contributed by atoms with E-state index in [2.05, 4.69) is 11.9 Å². The van der Waals surface area contributed by atoms with Crippen LogP contribution in [0.2, 0.25) is 0 Å². The fourth-order valence-electron chi connectivity index (χ4n) is 2.06. The summed E-state index contributed by atoms with van der Waals surface area (Å²) in [6.07, 6.45) is 4.66. The Morgan fingerprint density at radius 3 is 2.59 bits per heavy atom. The van der Waals surface area contributed by atoms with Crippen molar-refractivity contribution in [1.29, 1.82) is 0 Å². The fourth-order valence-corrected chi connectivity index (χ4v) is 2.06. The predicted octanol–water partition coefficient (Wildman–Crippen LogP) is 2.49. The molecule has 1 unspecified atom stereocenters. The summed E-state index contributed by atoms with van der Waals surface area (Å²) in [7, 11) is 2.08. The Labute approximate surface area is 106 Å². The number of Topliss-reactive ketones (excluding diaryl/α,β-unsaturated/α-hetero) is 1. The van der Waals surface area contributed by atoms with E-state index < -0.39 is 0 Å². The van der Waals surface area contributed by atoms with Crippen molar-refractivity contribution in [3.8, 4) is 0 Å². The average Bonchev–Trinajstić information content (AvgIpc) is 2.26. The summed E-state index contributed by atoms with van der Waals surface area (Å²) >= 11 is 0. The lowest BCUT2D eigenvalue weighted by molar-refractivity contribution is -0.126. The first-order chi connectivity index (χ1) is 7.89. The van der Waals surface area contributed by atoms with Gasteiger partial charge in [0.1, 0.15) is 5.78 Å². The minimum atomic E-state index is -0.206. The predicted molar refractivity (Wildman–Crippen MR) is 70.2 cm³/mol. The second-order valence-corrected chi connectivity index (χ2v) is 6.17. The summed E-state index contributed by atoms with van der Waals surface area (Å²) < 4.78 is 5.70. The zero-order valence-electron chi connectivity index (χ0n) is 11.8. The van der Waals surface area contributed by atoms with Crippen LogP contribution in [0.25, 0.3) is 0 Å². The van der Waals surface area contributed by atoms with Crippen molar-refractivity contribution in [2.45, 2.75) is 52.6 Å². The van der Waals surface area contributed by atoms with E-state index in [1.54, 1.807) is 0 Å². The Kier molecular flexibility index (Phi) is 5.60. The zero-order valence-corrected chi connectivity index (χ0v) is 11.8. The maximum absolute atomic E-state index is 11.8. The van der Waals surface area contributed by atoms with Gasteiger partial charge in [-0.2, -0.15) is 0 Å². The SMILES string of the molecule is CN(CCC(=O)C(C)(C)C)CC1CCCCO1. The molecule has 1 heterocycles. The molecule has 0 bridgehead atoms. The van der Waals surface area contributed by atoms with Crippen molar-refractivity contribution in [3.63, 3.8) is 0 Å². The van der Waals surface area contributed by atoms with Crippen LogP contribution >= 0.6 is 0 Å². The molecule has 1 rings (SSSR count). The molecule has 17 heavy (non-hydrogen) atoms. The molecule has 0 aliphatic carbocycles. The lowest BCUT2D eigenvalue weighted by Crippen LogP contribution is -2.35. The number of nitrogens with zero attached hydrogens (tertiary/aromatic N) is 1. The highest BCUT2D eigenvalue weighted by molar-refractivity contribution is 5.83. The highest BCUT2D eigenvalue weighted by Gasteiger charge is 2.22. The van der Waals surface area contributed by atoms with E-state index in [4.69, 9.17) is 4.74 Å². The van der Waals surface area contributed by atoms with E-state index in [1.165, 1.54) is 12.8 Å². The Balaban J connectivity index is 2.20. The molecular formula is C14H27NO2. The van der Waals surface area contributed by atoms with Crippen molar-refractivity contribution >= 4 is 5.78 Å². The summed E-state index contributed by atoms with van der Waals surface area (Å²) in [6, 6.07) is 0. The summed E-state index contributed by atoms with van der Waals surface area (Å²) in [5.74, 6) is 0.342. The van der Waals surface area contributed by atoms with Gasteiger partial charge in [-0.05, 0) is 26.3 Å². The van der Waals surface area contributed by atoms with Crippen LogP contribution < -0.4 is 0 Å². The standard InChI is InChI=1S/C14H27NO2/c1-14(2,3)13(16)8-9-15(4)11-12-7-5-6-10-17-12/h12H,5-11H2,1-4H3. The zero-order chi connectivity index (χ0) is 12.9. The molecule has 3 nitrogen and oxygen atoms in total. The van der Waals surface area contributed by atoms with Crippen molar-refractivity contribution in [2.24, 2.45) is 5.41 Å². The van der Waals surface area contributed by atoms with Crippen molar-refractivity contribution in [2.75, 3.05) is 26.7 Å². The van der Waals surface area contributed by atoms with Crippen LogP contribution in [0.1, 0.15) is 46.5 Å². The first kappa shape index (κ1) is 14.7. The third kappa shape index (κ3) is 5.64. The molecule has 0 aromatic heterocycles. The van der Waals surface area contributed by atoms with E-state index in [0.29, 0.717) is 18.3 Å². The molecule has 0 N–H and O–H groups in total. The van der Waals surface area contributed by atoms with Gasteiger partial charge in [0, 0.05) is 31.5 Å². The number of carbonyl (C=O) groups is 1. The first-order valence-corrected chi connectivity index (χ1v) is 6.73. The van der Waals surface area contributed by atoms with Gasteiger partial charge in [0.25, 0.3) is 0 Å². The Morgan fingerprint density at radius 1 is 1.35 bits per heavy atom. The van der Waals surface area contributed by atoms with Gasteiger partial charge in [0.15, 0.2) is 0 Å². The molecule has 0 saturated carbocycles. The number of ether oxygens (including phenoxy) is 1. The molecular weight excluding hydrogens is 214 g/mol. The van der Waals surface area contributed by atoms with Crippen LogP contribution in [0, 0.1) is 5.41 Å². The number of likely N-dealkylation sites (N-methyl/N-ethyl adjacent to an activating group) is 1. The number of hydrogen-bond donors (Lipinski definition) is 0. The van der Waals surface area contributed by atoms with Crippen LogP contribution in [0.3, 0.4) is 0 Å². The third-order valence-corrected chi connectivity index (χ3v) is 3.35. The quantitative estimate of drug-likeness (QED) is 0.740. The van der Waals surface area contributed by atoms with Crippen LogP contribution in [-0.4, -0.2) is 43.5 Å². The smallest absolute Gasteiger partial charge is 0.139 e. The highest BCUT2D eigenvalue weighted by Crippen LogP contribution is 2.17. The molecule has 0 amide bonds. The largest absolute Gasteiger partial charge is 0.377 e. The van der Waals surface area contributed by atoms with Gasteiger partial charge in [-0.15, -0.1) is 0 Å². The summed E-state index contributed by atoms with van der Waals surface area (Å²) in [5, 5.41) is 0.